The first-order valence-corrected chi connectivity index (χ1v) is 13.0. The third kappa shape index (κ3) is 5.04. The van der Waals surface area contributed by atoms with Crippen molar-refractivity contribution in [2.24, 2.45) is 4.99 Å². The summed E-state index contributed by atoms with van der Waals surface area (Å²) in [5.41, 5.74) is 7.59. The van der Waals surface area contributed by atoms with E-state index >= 15 is 0 Å². The first-order valence-electron chi connectivity index (χ1n) is 13.0. The Morgan fingerprint density at radius 1 is 1.15 bits per heavy atom. The summed E-state index contributed by atoms with van der Waals surface area (Å²) in [6, 6.07) is 8.51. The van der Waals surface area contributed by atoms with Crippen LogP contribution in [0.2, 0.25) is 0 Å². The maximum Gasteiger partial charge on any atom is 0.416 e. The van der Waals surface area contributed by atoms with Gasteiger partial charge >= 0.3 is 6.18 Å². The Labute approximate surface area is 232 Å². The number of pyridine rings is 1. The molecule has 10 nitrogen and oxygen atoms in total. The predicted octanol–water partition coefficient (Wildman–Crippen LogP) is 4.87. The van der Waals surface area contributed by atoms with Crippen molar-refractivity contribution in [3.63, 3.8) is 0 Å². The van der Waals surface area contributed by atoms with Gasteiger partial charge in [0.1, 0.15) is 28.8 Å². The number of rotatable bonds is 4. The highest BCUT2D eigenvalue weighted by atomic mass is 19.4. The summed E-state index contributed by atoms with van der Waals surface area (Å²) in [6.07, 6.45) is 5.66. The molecule has 2 saturated heterocycles. The molecule has 4 aromatic rings. The van der Waals surface area contributed by atoms with Crippen molar-refractivity contribution in [1.82, 2.24) is 24.3 Å². The molecule has 41 heavy (non-hydrogen) atoms. The molecule has 13 heteroatoms. The number of carbonyl (C=O) groups excluding carboxylic acids is 1. The third-order valence-corrected chi connectivity index (χ3v) is 7.64. The van der Waals surface area contributed by atoms with Gasteiger partial charge < -0.3 is 16.0 Å². The molecule has 0 radical (unpaired) electrons. The van der Waals surface area contributed by atoms with Crippen LogP contribution in [0.4, 0.5) is 24.8 Å². The van der Waals surface area contributed by atoms with E-state index in [0.717, 1.165) is 55.7 Å². The second-order valence-corrected chi connectivity index (χ2v) is 10.1. The molecule has 0 bridgehead atoms. The number of hydrogen-bond donors (Lipinski definition) is 2. The summed E-state index contributed by atoms with van der Waals surface area (Å²) < 4.78 is 40.9. The number of aromatic nitrogens is 4. The number of nitrogens with one attached hydrogen (secondary N) is 1. The SMILES string of the molecule is N#C/N=C1\CC[C@@H]2CC[C@@H](c3ncc4c(N)nc(-c5ccc(C(=O)Nc6cc(C(F)(F)F)ccn6)cc5)cn34)CN12. The zero-order chi connectivity index (χ0) is 28.7. The number of piperidine rings is 1. The summed E-state index contributed by atoms with van der Waals surface area (Å²) in [4.78, 5) is 31.9. The van der Waals surface area contributed by atoms with E-state index in [0.29, 0.717) is 35.2 Å². The third-order valence-electron chi connectivity index (χ3n) is 7.64. The van der Waals surface area contributed by atoms with E-state index < -0.39 is 17.6 Å². The number of amides is 1. The lowest BCUT2D eigenvalue weighted by Crippen LogP contribution is -2.41. The number of anilines is 2. The van der Waals surface area contributed by atoms with E-state index in [4.69, 9.17) is 11.0 Å². The number of alkyl halides is 3. The van der Waals surface area contributed by atoms with Gasteiger partial charge in [0, 0.05) is 48.4 Å². The average Bonchev–Trinajstić information content (AvgIpc) is 3.57. The largest absolute Gasteiger partial charge is 0.416 e. The fraction of sp³-hybridized carbons (Fsp3) is 0.286. The van der Waals surface area contributed by atoms with Crippen LogP contribution in [0.1, 0.15) is 53.3 Å². The molecular weight excluding hydrogens is 535 g/mol. The maximum atomic E-state index is 13.0. The fourth-order valence-electron chi connectivity index (χ4n) is 5.61. The Hall–Kier alpha value is -4.99. The minimum atomic E-state index is -4.54. The fourth-order valence-corrected chi connectivity index (χ4v) is 5.61. The normalized spacial score (nSPS) is 19.8. The van der Waals surface area contributed by atoms with Crippen LogP contribution in [-0.4, -0.2) is 48.6 Å². The summed E-state index contributed by atoms with van der Waals surface area (Å²) in [6.45, 7) is 0.715. The van der Waals surface area contributed by atoms with Crippen molar-refractivity contribution in [2.45, 2.75) is 43.8 Å². The number of halogens is 3. The predicted molar refractivity (Wildman–Crippen MR) is 145 cm³/mol. The molecule has 0 saturated carbocycles. The van der Waals surface area contributed by atoms with Crippen LogP contribution in [0.15, 0.2) is 60.0 Å². The molecule has 5 heterocycles. The Kier molecular flexibility index (Phi) is 6.53. The van der Waals surface area contributed by atoms with Crippen LogP contribution < -0.4 is 11.1 Å². The van der Waals surface area contributed by atoms with Crippen LogP contribution in [-0.2, 0) is 6.18 Å². The summed E-state index contributed by atoms with van der Waals surface area (Å²) in [5.74, 6) is 1.30. The first kappa shape index (κ1) is 26.2. The minimum Gasteiger partial charge on any atom is -0.382 e. The van der Waals surface area contributed by atoms with E-state index in [9.17, 15) is 18.0 Å². The molecule has 1 amide bonds. The Morgan fingerprint density at radius 2 is 1.95 bits per heavy atom. The van der Waals surface area contributed by atoms with Gasteiger partial charge in [-0.1, -0.05) is 12.1 Å². The average molecular weight is 560 g/mol. The zero-order valence-electron chi connectivity index (χ0n) is 21.6. The van der Waals surface area contributed by atoms with Crippen molar-refractivity contribution in [2.75, 3.05) is 17.6 Å². The quantitative estimate of drug-likeness (QED) is 0.341. The molecule has 0 unspecified atom stereocenters. The van der Waals surface area contributed by atoms with Crippen molar-refractivity contribution in [3.05, 3.63) is 71.9 Å². The molecule has 2 aliphatic heterocycles. The van der Waals surface area contributed by atoms with Crippen LogP contribution >= 0.6 is 0 Å². The van der Waals surface area contributed by atoms with Crippen molar-refractivity contribution in [1.29, 1.82) is 5.26 Å². The maximum absolute atomic E-state index is 13.0. The number of amidine groups is 1. The molecule has 2 atom stereocenters. The number of fused-ring (bicyclic) bond motifs is 2. The number of aliphatic imine (C=N–C) groups is 1. The monoisotopic (exact) mass is 559 g/mol. The smallest absolute Gasteiger partial charge is 0.382 e. The van der Waals surface area contributed by atoms with Crippen LogP contribution in [0, 0.1) is 11.5 Å². The summed E-state index contributed by atoms with van der Waals surface area (Å²) in [5, 5.41) is 11.5. The molecule has 208 valence electrons. The molecular formula is C28H24F3N9O. The highest BCUT2D eigenvalue weighted by molar-refractivity contribution is 6.04. The number of nitrogens with zero attached hydrogens (tertiary/aromatic N) is 7. The van der Waals surface area contributed by atoms with Gasteiger partial charge in [-0.05, 0) is 43.5 Å². The van der Waals surface area contributed by atoms with E-state index in [-0.39, 0.29) is 17.3 Å². The topological polar surface area (TPSA) is 138 Å². The molecule has 2 aliphatic rings. The number of nitrogens with two attached hydrogens (primary N) is 1. The lowest BCUT2D eigenvalue weighted by molar-refractivity contribution is -0.137. The Balaban J connectivity index is 1.23. The lowest BCUT2D eigenvalue weighted by Gasteiger charge is -2.35. The molecule has 3 N–H and O–H groups in total. The summed E-state index contributed by atoms with van der Waals surface area (Å²) >= 11 is 0. The number of nitrogen functional groups attached to an aromatic ring is 1. The molecule has 6 rings (SSSR count). The second kappa shape index (κ2) is 10.2. The summed E-state index contributed by atoms with van der Waals surface area (Å²) in [7, 11) is 0. The molecule has 0 spiro atoms. The van der Waals surface area contributed by atoms with Gasteiger partial charge in [-0.3, -0.25) is 9.20 Å². The number of hydrogen-bond acceptors (Lipinski definition) is 7. The van der Waals surface area contributed by atoms with Gasteiger partial charge in [0.15, 0.2) is 0 Å². The molecule has 3 aromatic heterocycles. The number of benzene rings is 1. The number of nitriles is 1. The highest BCUT2D eigenvalue weighted by Gasteiger charge is 2.37. The van der Waals surface area contributed by atoms with Crippen molar-refractivity contribution >= 4 is 28.9 Å². The van der Waals surface area contributed by atoms with E-state index in [1.807, 2.05) is 16.8 Å². The first-order chi connectivity index (χ1) is 19.7. The zero-order valence-corrected chi connectivity index (χ0v) is 21.6. The standard InChI is InChI=1S/C28H24F3N9O/c29-28(30,31)19-9-10-34-23(11-19)38-27(41)17-3-1-16(2-4-17)21-14-40-22(25(33)37-21)12-35-26(40)18-5-6-20-7-8-24(36-15-32)39(20)13-18/h1-4,9-12,14,18,20H,5-8,13H2,(H2,33,37)(H,34,38,41)/b36-24+/t18-,20+/m1/s1. The second-order valence-electron chi connectivity index (χ2n) is 10.1. The lowest BCUT2D eigenvalue weighted by atomic mass is 9.92. The number of carbonyl (C=O) groups is 1. The van der Waals surface area contributed by atoms with Crippen molar-refractivity contribution in [3.8, 4) is 17.5 Å². The van der Waals surface area contributed by atoms with E-state index in [2.05, 4.69) is 30.2 Å². The molecule has 0 aliphatic carbocycles. The van der Waals surface area contributed by atoms with E-state index in [1.165, 1.54) is 0 Å². The Morgan fingerprint density at radius 3 is 2.71 bits per heavy atom. The van der Waals surface area contributed by atoms with Gasteiger partial charge in [-0.2, -0.15) is 23.4 Å². The van der Waals surface area contributed by atoms with Gasteiger partial charge in [0.2, 0.25) is 6.19 Å². The van der Waals surface area contributed by atoms with Crippen molar-refractivity contribution < 1.29 is 18.0 Å². The highest BCUT2D eigenvalue weighted by Crippen LogP contribution is 2.36. The van der Waals surface area contributed by atoms with Gasteiger partial charge in [0.25, 0.3) is 5.91 Å². The van der Waals surface area contributed by atoms with E-state index in [1.54, 1.807) is 30.5 Å². The number of imidazole rings is 1. The van der Waals surface area contributed by atoms with Gasteiger partial charge in [-0.15, -0.1) is 0 Å². The van der Waals surface area contributed by atoms with Crippen LogP contribution in [0.5, 0.6) is 0 Å². The minimum absolute atomic E-state index is 0.112. The molecule has 2 fully saturated rings. The van der Waals surface area contributed by atoms with Gasteiger partial charge in [-0.25, -0.2) is 15.0 Å². The Bertz CT molecular complexity index is 1710. The van der Waals surface area contributed by atoms with Crippen LogP contribution in [0.25, 0.3) is 16.8 Å². The van der Waals surface area contributed by atoms with Gasteiger partial charge in [0.05, 0.1) is 17.5 Å². The van der Waals surface area contributed by atoms with Crippen LogP contribution in [0.3, 0.4) is 0 Å². The molecule has 1 aromatic carbocycles.